The van der Waals surface area contributed by atoms with Crippen molar-refractivity contribution in [3.8, 4) is 5.75 Å². The molecule has 0 radical (unpaired) electrons. The van der Waals surface area contributed by atoms with Crippen LogP contribution in [0.15, 0.2) is 61.3 Å². The quantitative estimate of drug-likeness (QED) is 0.431. The molecule has 0 amide bonds. The highest BCUT2D eigenvalue weighted by Crippen LogP contribution is 2.30. The van der Waals surface area contributed by atoms with Crippen LogP contribution in [0.1, 0.15) is 52.7 Å². The van der Waals surface area contributed by atoms with Crippen LogP contribution in [-0.2, 0) is 22.7 Å². The molecule has 0 atom stereocenters. The number of allylic oxidation sites excluding steroid dienone is 1. The Bertz CT molecular complexity index is 994. The molecule has 0 bridgehead atoms. The Balaban J connectivity index is 0.00000155. The van der Waals surface area contributed by atoms with Crippen LogP contribution in [0.2, 0.25) is 0 Å². The highest BCUT2D eigenvalue weighted by molar-refractivity contribution is 5.93. The number of nitrogens with zero attached hydrogens (tertiary/aromatic N) is 1. The topological polar surface area (TPSA) is 40.5 Å². The van der Waals surface area contributed by atoms with Crippen molar-refractivity contribution in [3.05, 3.63) is 72.4 Å². The number of carbonyl (C=O) groups excluding carboxylic acids is 1. The fraction of sp³-hybridized carbons (Fsp3) is 0.346. The molecule has 160 valence electrons. The van der Waals surface area contributed by atoms with Gasteiger partial charge in [0.05, 0.1) is 5.52 Å². The van der Waals surface area contributed by atoms with Crippen LogP contribution in [-0.4, -0.2) is 16.1 Å². The first-order valence-corrected chi connectivity index (χ1v) is 10.4. The smallest absolute Gasteiger partial charge is 0.326 e. The second kappa shape index (κ2) is 10.1. The van der Waals surface area contributed by atoms with Crippen molar-refractivity contribution in [1.29, 1.82) is 0 Å². The average molecular weight is 408 g/mol. The average Bonchev–Trinajstić information content (AvgIpc) is 3.05. The summed E-state index contributed by atoms with van der Waals surface area (Å²) in [5, 5.41) is 1.04. The van der Waals surface area contributed by atoms with Gasteiger partial charge in [0.15, 0.2) is 0 Å². The molecule has 1 aromatic heterocycles. The molecule has 2 aromatic carbocycles. The molecule has 0 aliphatic rings. The van der Waals surface area contributed by atoms with Gasteiger partial charge in [-0.2, -0.15) is 0 Å². The number of rotatable bonds is 6. The Morgan fingerprint density at radius 1 is 1.07 bits per heavy atom. The van der Waals surface area contributed by atoms with Gasteiger partial charge in [0.25, 0.3) is 0 Å². The number of fused-ring (bicyclic) bond motifs is 1. The van der Waals surface area contributed by atoms with Crippen molar-refractivity contribution in [3.63, 3.8) is 0 Å². The predicted molar refractivity (Wildman–Crippen MR) is 125 cm³/mol. The van der Waals surface area contributed by atoms with Gasteiger partial charge < -0.3 is 14.0 Å². The van der Waals surface area contributed by atoms with E-state index in [1.807, 2.05) is 101 Å². The van der Waals surface area contributed by atoms with Gasteiger partial charge in [-0.3, -0.25) is 4.79 Å². The molecular formula is C26H33NO3. The Hall–Kier alpha value is -3.01. The van der Waals surface area contributed by atoms with Crippen LogP contribution < -0.4 is 4.74 Å². The largest absolute Gasteiger partial charge is 0.489 e. The Morgan fingerprint density at radius 2 is 1.73 bits per heavy atom. The van der Waals surface area contributed by atoms with E-state index in [1.54, 1.807) is 0 Å². The number of ether oxygens (including phenoxy) is 2. The van der Waals surface area contributed by atoms with Gasteiger partial charge in [-0.25, -0.2) is 0 Å². The molecule has 1 heterocycles. The second-order valence-electron chi connectivity index (χ2n) is 7.99. The molecule has 0 saturated heterocycles. The third-order valence-corrected chi connectivity index (χ3v) is 4.28. The number of hydrogen-bond donors (Lipinski definition) is 0. The van der Waals surface area contributed by atoms with Gasteiger partial charge >= 0.3 is 5.97 Å². The first-order chi connectivity index (χ1) is 14.2. The van der Waals surface area contributed by atoms with Crippen molar-refractivity contribution in [1.82, 2.24) is 4.57 Å². The van der Waals surface area contributed by atoms with Crippen molar-refractivity contribution in [2.24, 2.45) is 0 Å². The summed E-state index contributed by atoms with van der Waals surface area (Å²) in [5.74, 6) is 0.487. The van der Waals surface area contributed by atoms with E-state index in [1.165, 1.54) is 0 Å². The Kier molecular flexibility index (Phi) is 7.87. The summed E-state index contributed by atoms with van der Waals surface area (Å²) in [4.78, 5) is 12.3. The number of carbonyl (C=O) groups is 1. The summed E-state index contributed by atoms with van der Waals surface area (Å²) in [6.07, 6.45) is 1.96. The monoisotopic (exact) mass is 407 g/mol. The number of benzene rings is 2. The third kappa shape index (κ3) is 6.24. The lowest BCUT2D eigenvalue weighted by atomic mass is 10.1. The lowest BCUT2D eigenvalue weighted by molar-refractivity contribution is -0.155. The first kappa shape index (κ1) is 23.3. The third-order valence-electron chi connectivity index (χ3n) is 4.28. The van der Waals surface area contributed by atoms with Crippen LogP contribution in [0.5, 0.6) is 5.75 Å². The molecule has 30 heavy (non-hydrogen) atoms. The van der Waals surface area contributed by atoms with E-state index < -0.39 is 5.60 Å². The zero-order chi connectivity index (χ0) is 22.3. The van der Waals surface area contributed by atoms with Gasteiger partial charge in [0.1, 0.15) is 24.5 Å². The number of hydrogen-bond acceptors (Lipinski definition) is 3. The minimum Gasteiger partial charge on any atom is -0.489 e. The molecule has 4 nitrogen and oxygen atoms in total. The van der Waals surface area contributed by atoms with Crippen LogP contribution in [0.4, 0.5) is 0 Å². The highest BCUT2D eigenvalue weighted by atomic mass is 16.6. The molecule has 0 N–H and O–H groups in total. The maximum atomic E-state index is 12.3. The fourth-order valence-corrected chi connectivity index (χ4v) is 3.09. The first-order valence-electron chi connectivity index (χ1n) is 10.4. The maximum absolute atomic E-state index is 12.3. The van der Waals surface area contributed by atoms with Crippen LogP contribution in [0.25, 0.3) is 16.5 Å². The maximum Gasteiger partial charge on any atom is 0.326 e. The van der Waals surface area contributed by atoms with Crippen LogP contribution in [0.3, 0.4) is 0 Å². The van der Waals surface area contributed by atoms with E-state index in [0.717, 1.165) is 33.4 Å². The SMILES string of the molecule is C=C(C)c1cn(CC(=O)OC(C)(C)C)c2cc(OCc3ccccc3)ccc12.CC. The molecule has 0 aliphatic carbocycles. The van der Waals surface area contributed by atoms with Crippen molar-refractivity contribution in [2.75, 3.05) is 0 Å². The molecule has 0 saturated carbocycles. The standard InChI is InChI=1S/C24H27NO3.C2H6/c1-17(2)21-14-25(15-23(26)28-24(3,4)5)22-13-19(11-12-20(21)22)27-16-18-9-7-6-8-10-18;1-2/h6-14H,1,15-16H2,2-5H3;1-2H3. The lowest BCUT2D eigenvalue weighted by Gasteiger charge is -2.19. The van der Waals surface area contributed by atoms with E-state index in [2.05, 4.69) is 6.58 Å². The zero-order valence-electron chi connectivity index (χ0n) is 19.0. The molecule has 3 aromatic rings. The van der Waals surface area contributed by atoms with Gasteiger partial charge in [0, 0.05) is 23.2 Å². The van der Waals surface area contributed by atoms with Crippen molar-refractivity contribution in [2.45, 2.75) is 60.3 Å². The van der Waals surface area contributed by atoms with Crippen LogP contribution in [0, 0.1) is 0 Å². The molecule has 3 rings (SSSR count). The Morgan fingerprint density at radius 3 is 2.33 bits per heavy atom. The molecular weight excluding hydrogens is 374 g/mol. The second-order valence-corrected chi connectivity index (χ2v) is 7.99. The predicted octanol–water partition coefficient (Wildman–Crippen LogP) is 6.62. The van der Waals surface area contributed by atoms with Gasteiger partial charge in [0.2, 0.25) is 0 Å². The Labute approximate surface area is 180 Å². The molecule has 0 aliphatic heterocycles. The van der Waals surface area contributed by atoms with E-state index >= 15 is 0 Å². The summed E-state index contributed by atoms with van der Waals surface area (Å²) in [6.45, 7) is 16.3. The van der Waals surface area contributed by atoms with E-state index in [-0.39, 0.29) is 12.5 Å². The molecule has 0 spiro atoms. The van der Waals surface area contributed by atoms with Crippen LogP contribution >= 0.6 is 0 Å². The summed E-state index contributed by atoms with van der Waals surface area (Å²) in [7, 11) is 0. The minimum atomic E-state index is -0.513. The van der Waals surface area contributed by atoms with Gasteiger partial charge in [-0.05, 0) is 51.0 Å². The van der Waals surface area contributed by atoms with Crippen molar-refractivity contribution >= 4 is 22.4 Å². The molecule has 0 unspecified atom stereocenters. The zero-order valence-corrected chi connectivity index (χ0v) is 19.0. The summed E-state index contributed by atoms with van der Waals surface area (Å²) in [6, 6.07) is 16.0. The highest BCUT2D eigenvalue weighted by Gasteiger charge is 2.18. The van der Waals surface area contributed by atoms with E-state index in [4.69, 9.17) is 9.47 Å². The van der Waals surface area contributed by atoms with Gasteiger partial charge in [-0.1, -0.05) is 50.8 Å². The summed E-state index contributed by atoms with van der Waals surface area (Å²) >= 11 is 0. The lowest BCUT2D eigenvalue weighted by Crippen LogP contribution is -2.26. The summed E-state index contributed by atoms with van der Waals surface area (Å²) < 4.78 is 13.3. The normalized spacial score (nSPS) is 10.9. The number of esters is 1. The molecule has 0 fully saturated rings. The molecule has 4 heteroatoms. The van der Waals surface area contributed by atoms with Gasteiger partial charge in [-0.15, -0.1) is 0 Å². The summed E-state index contributed by atoms with van der Waals surface area (Å²) in [5.41, 5.74) is 3.49. The van der Waals surface area contributed by atoms with E-state index in [9.17, 15) is 4.79 Å². The fourth-order valence-electron chi connectivity index (χ4n) is 3.09. The minimum absolute atomic E-state index is 0.142. The number of aromatic nitrogens is 1. The van der Waals surface area contributed by atoms with E-state index in [0.29, 0.717) is 6.61 Å². The van der Waals surface area contributed by atoms with Crippen molar-refractivity contribution < 1.29 is 14.3 Å².